The lowest BCUT2D eigenvalue weighted by Crippen LogP contribution is -2.55. The van der Waals surface area contributed by atoms with E-state index >= 15 is 0 Å². The molecule has 0 fully saturated rings. The summed E-state index contributed by atoms with van der Waals surface area (Å²) in [6.07, 6.45) is -12.4. The Morgan fingerprint density at radius 2 is 0.743 bits per heavy atom. The van der Waals surface area contributed by atoms with Crippen LogP contribution in [-0.4, -0.2) is 45.9 Å². The van der Waals surface area contributed by atoms with E-state index in [0.29, 0.717) is 0 Å². The smallest absolute Gasteiger partial charge is 0.411 e. The highest BCUT2D eigenvalue weighted by molar-refractivity contribution is 6.06. The molecule has 14 N–H and O–H groups in total. The van der Waals surface area contributed by atoms with E-state index in [2.05, 4.69) is 0 Å². The monoisotopic (exact) mass is 504 g/mol. The van der Waals surface area contributed by atoms with Crippen molar-refractivity contribution in [3.8, 4) is 11.5 Å². The first-order valence-corrected chi connectivity index (χ1v) is 9.05. The van der Waals surface area contributed by atoms with Gasteiger partial charge in [0.1, 0.15) is 34.8 Å². The van der Waals surface area contributed by atoms with Gasteiger partial charge in [0.25, 0.3) is 0 Å². The molecule has 0 spiro atoms. The Bertz CT molecular complexity index is 1100. The van der Waals surface area contributed by atoms with Crippen LogP contribution in [0.15, 0.2) is 24.3 Å². The highest BCUT2D eigenvalue weighted by Crippen LogP contribution is 2.57. The Morgan fingerprint density at radius 1 is 0.543 bits per heavy atom. The van der Waals surface area contributed by atoms with Crippen LogP contribution in [0.5, 0.6) is 11.5 Å². The third-order valence-electron chi connectivity index (χ3n) is 5.10. The van der Waals surface area contributed by atoms with Crippen LogP contribution in [0.4, 0.5) is 26.3 Å². The number of nitrogens with two attached hydrogens (primary N) is 4. The molecular formula is C19H18F6N8O2. The van der Waals surface area contributed by atoms with Gasteiger partial charge >= 0.3 is 12.4 Å². The maximum Gasteiger partial charge on any atom is 0.411 e. The average molecular weight is 504 g/mol. The Morgan fingerprint density at radius 3 is 0.886 bits per heavy atom. The summed E-state index contributed by atoms with van der Waals surface area (Å²) in [4.78, 5) is 0. The van der Waals surface area contributed by atoms with E-state index in [1.54, 1.807) is 0 Å². The quantitative estimate of drug-likeness (QED) is 0.159. The van der Waals surface area contributed by atoms with Gasteiger partial charge in [-0.2, -0.15) is 26.3 Å². The number of phenols is 2. The van der Waals surface area contributed by atoms with Crippen molar-refractivity contribution in [1.82, 2.24) is 0 Å². The fourth-order valence-corrected chi connectivity index (χ4v) is 3.51. The maximum absolute atomic E-state index is 14.6. The molecular weight excluding hydrogens is 486 g/mol. The molecule has 10 nitrogen and oxygen atoms in total. The van der Waals surface area contributed by atoms with E-state index in [0.717, 1.165) is 0 Å². The molecule has 2 rings (SSSR count). The maximum atomic E-state index is 14.6. The number of hydrogen-bond donors (Lipinski definition) is 10. The second-order valence-corrected chi connectivity index (χ2v) is 7.24. The van der Waals surface area contributed by atoms with Crippen molar-refractivity contribution >= 4 is 23.3 Å². The van der Waals surface area contributed by atoms with Crippen LogP contribution in [0.3, 0.4) is 0 Å². The number of phenolic OH excluding ortho intramolecular Hbond substituents is 2. The van der Waals surface area contributed by atoms with Crippen molar-refractivity contribution in [2.75, 3.05) is 0 Å². The first-order valence-electron chi connectivity index (χ1n) is 9.05. The topological polar surface area (TPSA) is 240 Å². The molecule has 0 aliphatic rings. The fourth-order valence-electron chi connectivity index (χ4n) is 3.51. The zero-order valence-corrected chi connectivity index (χ0v) is 17.3. The van der Waals surface area contributed by atoms with Crippen LogP contribution in [0, 0.1) is 21.6 Å². The molecule has 0 aliphatic carbocycles. The Labute approximate surface area is 192 Å². The Kier molecular flexibility index (Phi) is 6.40. The summed E-state index contributed by atoms with van der Waals surface area (Å²) in [7, 11) is 0. The number of amidine groups is 4. The SMILES string of the molecule is N=C(N)c1cc(C(c2cc(C(=N)N)c(O)c(C(=N)N)c2)(C(F)(F)F)C(F)(F)F)cc(C(=N)N)c1O. The van der Waals surface area contributed by atoms with Gasteiger partial charge in [-0.3, -0.25) is 21.6 Å². The van der Waals surface area contributed by atoms with E-state index in [4.69, 9.17) is 44.6 Å². The zero-order valence-electron chi connectivity index (χ0n) is 17.3. The van der Waals surface area contributed by atoms with Crippen LogP contribution >= 0.6 is 0 Å². The van der Waals surface area contributed by atoms with Crippen LogP contribution in [0.1, 0.15) is 33.4 Å². The molecule has 0 radical (unpaired) electrons. The molecule has 0 aliphatic heterocycles. The zero-order chi connectivity index (χ0) is 27.3. The van der Waals surface area contributed by atoms with Gasteiger partial charge in [-0.05, 0) is 35.4 Å². The van der Waals surface area contributed by atoms with E-state index in [-0.39, 0.29) is 24.3 Å². The lowest BCUT2D eigenvalue weighted by Gasteiger charge is -2.39. The summed E-state index contributed by atoms with van der Waals surface area (Å²) in [6, 6.07) is 0.606. The minimum absolute atomic E-state index is 0.152. The lowest BCUT2D eigenvalue weighted by molar-refractivity contribution is -0.288. The van der Waals surface area contributed by atoms with E-state index < -0.39 is 86.0 Å². The van der Waals surface area contributed by atoms with Crippen LogP contribution in [-0.2, 0) is 5.41 Å². The fraction of sp³-hybridized carbons (Fsp3) is 0.158. The molecule has 0 saturated heterocycles. The highest BCUT2D eigenvalue weighted by atomic mass is 19.4. The summed E-state index contributed by atoms with van der Waals surface area (Å²) in [5.74, 6) is -6.75. The Balaban J connectivity index is 3.30. The summed E-state index contributed by atoms with van der Waals surface area (Å²) in [5.41, 5.74) is 8.66. The molecule has 0 saturated carbocycles. The summed E-state index contributed by atoms with van der Waals surface area (Å²) in [6.45, 7) is 0. The van der Waals surface area contributed by atoms with Gasteiger partial charge in [0.05, 0.1) is 22.3 Å². The molecule has 0 heterocycles. The van der Waals surface area contributed by atoms with Gasteiger partial charge in [0, 0.05) is 0 Å². The van der Waals surface area contributed by atoms with Crippen LogP contribution in [0.2, 0.25) is 0 Å². The van der Waals surface area contributed by atoms with Crippen molar-refractivity contribution in [1.29, 1.82) is 21.6 Å². The number of benzene rings is 2. The van der Waals surface area contributed by atoms with Crippen LogP contribution in [0.25, 0.3) is 0 Å². The van der Waals surface area contributed by atoms with Crippen LogP contribution < -0.4 is 22.9 Å². The van der Waals surface area contributed by atoms with Crippen molar-refractivity contribution in [3.05, 3.63) is 57.6 Å². The van der Waals surface area contributed by atoms with Gasteiger partial charge in [0.15, 0.2) is 0 Å². The van der Waals surface area contributed by atoms with E-state index in [1.165, 1.54) is 0 Å². The van der Waals surface area contributed by atoms with Gasteiger partial charge < -0.3 is 33.1 Å². The number of aromatic hydroxyl groups is 2. The third kappa shape index (κ3) is 4.13. The minimum Gasteiger partial charge on any atom is -0.506 e. The number of halogens is 6. The molecule has 0 amide bonds. The predicted octanol–water partition coefficient (Wildman–Crippen LogP) is 1.64. The number of alkyl halides is 6. The third-order valence-corrected chi connectivity index (χ3v) is 5.10. The number of nitrogens with one attached hydrogen (secondary N) is 4. The normalized spacial score (nSPS) is 12.3. The van der Waals surface area contributed by atoms with Gasteiger partial charge in [-0.1, -0.05) is 0 Å². The van der Waals surface area contributed by atoms with Crippen molar-refractivity contribution < 1.29 is 36.6 Å². The minimum atomic E-state index is -6.22. The molecule has 2 aromatic rings. The molecule has 0 bridgehead atoms. The lowest BCUT2D eigenvalue weighted by atomic mass is 9.71. The summed E-state index contributed by atoms with van der Waals surface area (Å²) >= 11 is 0. The second kappa shape index (κ2) is 8.37. The summed E-state index contributed by atoms with van der Waals surface area (Å²) in [5, 5.41) is 50.1. The molecule has 0 aromatic heterocycles. The number of hydrogen-bond acceptors (Lipinski definition) is 6. The molecule has 188 valence electrons. The highest BCUT2D eigenvalue weighted by Gasteiger charge is 2.73. The number of nitrogen functional groups attached to an aromatic ring is 4. The van der Waals surface area contributed by atoms with Gasteiger partial charge in [0.2, 0.25) is 5.41 Å². The molecule has 0 unspecified atom stereocenters. The first-order chi connectivity index (χ1) is 15.8. The van der Waals surface area contributed by atoms with Crippen molar-refractivity contribution in [2.45, 2.75) is 17.8 Å². The van der Waals surface area contributed by atoms with Crippen molar-refractivity contribution in [2.24, 2.45) is 22.9 Å². The molecule has 16 heteroatoms. The van der Waals surface area contributed by atoms with Crippen molar-refractivity contribution in [3.63, 3.8) is 0 Å². The van der Waals surface area contributed by atoms with Gasteiger partial charge in [-0.15, -0.1) is 0 Å². The standard InChI is InChI=1S/C19H18F6N8O2/c20-18(21,22)17(19(23,24)25,5-1-7(13(26)27)11(34)8(2-5)14(28)29)6-3-9(15(30)31)12(35)10(4-6)16(32)33/h1-4,34-35H,(H3,26,27)(H3,28,29)(H3,30,31)(H3,32,33). The molecule has 35 heavy (non-hydrogen) atoms. The predicted molar refractivity (Wildman–Crippen MR) is 113 cm³/mol. The summed E-state index contributed by atoms with van der Waals surface area (Å²) < 4.78 is 87.5. The number of rotatable bonds is 6. The first kappa shape index (κ1) is 26.7. The molecule has 2 aromatic carbocycles. The largest absolute Gasteiger partial charge is 0.506 e. The van der Waals surface area contributed by atoms with E-state index in [1.807, 2.05) is 0 Å². The second-order valence-electron chi connectivity index (χ2n) is 7.24. The van der Waals surface area contributed by atoms with E-state index in [9.17, 15) is 36.6 Å². The van der Waals surface area contributed by atoms with Gasteiger partial charge in [-0.25, -0.2) is 0 Å². The Hall–Kier alpha value is -4.50. The molecule has 0 atom stereocenters. The average Bonchev–Trinajstić information content (AvgIpc) is 2.67.